The Balaban J connectivity index is 1.11. The lowest BCUT2D eigenvalue weighted by Gasteiger charge is -2.36. The molecule has 6 heteroatoms. The van der Waals surface area contributed by atoms with Crippen LogP contribution >= 0.6 is 0 Å². The first-order chi connectivity index (χ1) is 17.2. The predicted octanol–water partition coefficient (Wildman–Crippen LogP) is 3.79. The number of likely N-dealkylation sites (tertiary alicyclic amines) is 1. The second-order valence-electron chi connectivity index (χ2n) is 10.3. The van der Waals surface area contributed by atoms with Crippen LogP contribution in [0.25, 0.3) is 0 Å². The zero-order chi connectivity index (χ0) is 24.0. The van der Waals surface area contributed by atoms with Crippen molar-refractivity contribution in [3.05, 3.63) is 66.2 Å². The number of piperazine rings is 1. The quantitative estimate of drug-likeness (QED) is 0.621. The van der Waals surface area contributed by atoms with Gasteiger partial charge in [-0.05, 0) is 62.4 Å². The zero-order valence-electron chi connectivity index (χ0n) is 20.6. The highest BCUT2D eigenvalue weighted by molar-refractivity contribution is 5.98. The lowest BCUT2D eigenvalue weighted by molar-refractivity contribution is -0.125. The summed E-state index contributed by atoms with van der Waals surface area (Å²) in [5.74, 6) is 0.488. The van der Waals surface area contributed by atoms with Crippen LogP contribution in [0.5, 0.6) is 0 Å². The monoisotopic (exact) mass is 474 g/mol. The smallest absolute Gasteiger partial charge is 0.254 e. The highest BCUT2D eigenvalue weighted by atomic mass is 16.2. The Morgan fingerprint density at radius 2 is 1.54 bits per heavy atom. The largest absolute Gasteiger partial charge is 0.369 e. The van der Waals surface area contributed by atoms with Crippen LogP contribution in [-0.4, -0.2) is 73.0 Å². The van der Waals surface area contributed by atoms with Gasteiger partial charge in [-0.1, -0.05) is 49.2 Å². The third-order valence-electron chi connectivity index (χ3n) is 8.09. The highest BCUT2D eigenvalue weighted by Gasteiger charge is 2.47. The van der Waals surface area contributed by atoms with Gasteiger partial charge in [0.2, 0.25) is 5.91 Å². The van der Waals surface area contributed by atoms with Crippen LogP contribution in [0.3, 0.4) is 0 Å². The molecule has 1 aliphatic carbocycles. The van der Waals surface area contributed by atoms with Crippen LogP contribution in [-0.2, 0) is 4.79 Å². The number of nitrogens with one attached hydrogen (secondary N) is 1. The molecule has 0 spiro atoms. The van der Waals surface area contributed by atoms with Crippen molar-refractivity contribution >= 4 is 17.5 Å². The van der Waals surface area contributed by atoms with Crippen LogP contribution < -0.4 is 10.2 Å². The van der Waals surface area contributed by atoms with Gasteiger partial charge < -0.3 is 15.1 Å². The lowest BCUT2D eigenvalue weighted by atomic mass is 9.84. The van der Waals surface area contributed by atoms with Crippen LogP contribution in [0, 0.1) is 5.92 Å². The number of hydrogen-bond acceptors (Lipinski definition) is 4. The maximum absolute atomic E-state index is 13.4. The van der Waals surface area contributed by atoms with E-state index in [1.165, 1.54) is 12.1 Å². The van der Waals surface area contributed by atoms with Gasteiger partial charge in [0.05, 0.1) is 0 Å². The molecule has 5 rings (SSSR count). The number of amides is 2. The molecule has 3 fully saturated rings. The molecule has 186 valence electrons. The molecule has 0 aromatic heterocycles. The van der Waals surface area contributed by atoms with Crippen molar-refractivity contribution in [2.45, 2.75) is 50.6 Å². The summed E-state index contributed by atoms with van der Waals surface area (Å²) in [4.78, 5) is 33.5. The van der Waals surface area contributed by atoms with Crippen LogP contribution in [0.15, 0.2) is 60.7 Å². The van der Waals surface area contributed by atoms with E-state index in [-0.39, 0.29) is 23.9 Å². The highest BCUT2D eigenvalue weighted by Crippen LogP contribution is 2.40. The molecule has 0 radical (unpaired) electrons. The summed E-state index contributed by atoms with van der Waals surface area (Å²) in [5, 5.41) is 3.17. The van der Waals surface area contributed by atoms with Crippen molar-refractivity contribution in [3.8, 4) is 0 Å². The minimum absolute atomic E-state index is 0.0106. The van der Waals surface area contributed by atoms with E-state index in [1.54, 1.807) is 0 Å². The van der Waals surface area contributed by atoms with Gasteiger partial charge in [-0.3, -0.25) is 14.5 Å². The number of anilines is 1. The van der Waals surface area contributed by atoms with E-state index >= 15 is 0 Å². The number of fused-ring (bicyclic) bond motifs is 1. The molecular formula is C29H38N4O2. The first kappa shape index (κ1) is 23.9. The summed E-state index contributed by atoms with van der Waals surface area (Å²) in [6.07, 6.45) is 6.23. The maximum Gasteiger partial charge on any atom is 0.254 e. The van der Waals surface area contributed by atoms with Gasteiger partial charge in [-0.25, -0.2) is 0 Å². The van der Waals surface area contributed by atoms with Gasteiger partial charge in [0, 0.05) is 50.0 Å². The van der Waals surface area contributed by atoms with Gasteiger partial charge in [0.25, 0.3) is 5.91 Å². The van der Waals surface area contributed by atoms with Gasteiger partial charge in [-0.15, -0.1) is 0 Å². The summed E-state index contributed by atoms with van der Waals surface area (Å²) in [6.45, 7) is 5.83. The molecule has 2 aromatic carbocycles. The molecule has 2 saturated heterocycles. The normalized spacial score (nSPS) is 24.7. The van der Waals surface area contributed by atoms with Crippen LogP contribution in [0.1, 0.15) is 48.9 Å². The van der Waals surface area contributed by atoms with Crippen molar-refractivity contribution in [2.75, 3.05) is 44.2 Å². The molecule has 3 unspecified atom stereocenters. The average Bonchev–Trinajstić information content (AvgIpc) is 3.32. The Kier molecular flexibility index (Phi) is 7.67. The fourth-order valence-electron chi connectivity index (χ4n) is 6.22. The lowest BCUT2D eigenvalue weighted by Crippen LogP contribution is -2.50. The number of hydrogen-bond donors (Lipinski definition) is 1. The van der Waals surface area contributed by atoms with E-state index < -0.39 is 0 Å². The number of rotatable bonds is 7. The Morgan fingerprint density at radius 3 is 2.29 bits per heavy atom. The summed E-state index contributed by atoms with van der Waals surface area (Å²) in [7, 11) is 0. The average molecular weight is 475 g/mol. The third kappa shape index (κ3) is 5.53. The number of carbonyl (C=O) groups is 2. The molecule has 1 saturated carbocycles. The van der Waals surface area contributed by atoms with E-state index in [1.807, 2.05) is 35.2 Å². The predicted molar refractivity (Wildman–Crippen MR) is 139 cm³/mol. The molecule has 2 aliphatic heterocycles. The van der Waals surface area contributed by atoms with Gasteiger partial charge in [0.15, 0.2) is 0 Å². The maximum atomic E-state index is 13.4. The third-order valence-corrected chi connectivity index (χ3v) is 8.09. The van der Waals surface area contributed by atoms with Gasteiger partial charge in [-0.2, -0.15) is 0 Å². The molecule has 2 aromatic rings. The van der Waals surface area contributed by atoms with Crippen LogP contribution in [0.2, 0.25) is 0 Å². The topological polar surface area (TPSA) is 55.9 Å². The van der Waals surface area contributed by atoms with E-state index in [2.05, 4.69) is 45.4 Å². The molecule has 2 heterocycles. The zero-order valence-corrected chi connectivity index (χ0v) is 20.6. The number of benzene rings is 2. The Bertz CT molecular complexity index is 975. The molecule has 3 aliphatic rings. The second kappa shape index (κ2) is 11.3. The SMILES string of the molecule is O=C(NCCCN1CCN(c2ccccc2)CC1)C1CC2CCCCC2N1C(=O)c1ccccc1. The summed E-state index contributed by atoms with van der Waals surface area (Å²) < 4.78 is 0. The van der Waals surface area contributed by atoms with Crippen molar-refractivity contribution in [2.24, 2.45) is 5.92 Å². The Hall–Kier alpha value is -2.86. The van der Waals surface area contributed by atoms with E-state index in [4.69, 9.17) is 0 Å². The molecular weight excluding hydrogens is 436 g/mol. The summed E-state index contributed by atoms with van der Waals surface area (Å²) in [6, 6.07) is 19.9. The fraction of sp³-hybridized carbons (Fsp3) is 0.517. The Labute approximate surface area is 209 Å². The second-order valence-corrected chi connectivity index (χ2v) is 10.3. The molecule has 2 amide bonds. The molecule has 3 atom stereocenters. The summed E-state index contributed by atoms with van der Waals surface area (Å²) in [5.41, 5.74) is 1.98. The van der Waals surface area contributed by atoms with Crippen molar-refractivity contribution in [3.63, 3.8) is 0 Å². The van der Waals surface area contributed by atoms with E-state index in [0.29, 0.717) is 18.0 Å². The number of nitrogens with zero attached hydrogens (tertiary/aromatic N) is 3. The standard InChI is InChI=1S/C29H38N4O2/c34-28(30-16-9-17-31-18-20-32(21-19-31)25-13-5-2-6-14-25)27-22-24-12-7-8-15-26(24)33(27)29(35)23-10-3-1-4-11-23/h1-6,10-11,13-14,24,26-27H,7-9,12,15-22H2,(H,30,34). The van der Waals surface area contributed by atoms with Crippen LogP contribution in [0.4, 0.5) is 5.69 Å². The Morgan fingerprint density at radius 1 is 0.857 bits per heavy atom. The minimum Gasteiger partial charge on any atom is -0.369 e. The molecule has 0 bridgehead atoms. The van der Waals surface area contributed by atoms with Gasteiger partial charge in [0.1, 0.15) is 6.04 Å². The van der Waals surface area contributed by atoms with E-state index in [9.17, 15) is 9.59 Å². The number of carbonyl (C=O) groups excluding carboxylic acids is 2. The molecule has 35 heavy (non-hydrogen) atoms. The van der Waals surface area contributed by atoms with E-state index in [0.717, 1.165) is 64.8 Å². The molecule has 1 N–H and O–H groups in total. The van der Waals surface area contributed by atoms with Crippen molar-refractivity contribution in [1.29, 1.82) is 0 Å². The summed E-state index contributed by atoms with van der Waals surface area (Å²) >= 11 is 0. The molecule has 6 nitrogen and oxygen atoms in total. The number of para-hydroxylation sites is 1. The van der Waals surface area contributed by atoms with Crippen molar-refractivity contribution < 1.29 is 9.59 Å². The minimum atomic E-state index is -0.342. The van der Waals surface area contributed by atoms with Gasteiger partial charge >= 0.3 is 0 Å². The first-order valence-corrected chi connectivity index (χ1v) is 13.4. The first-order valence-electron chi connectivity index (χ1n) is 13.4. The fourth-order valence-corrected chi connectivity index (χ4v) is 6.22. The van der Waals surface area contributed by atoms with Crippen molar-refractivity contribution in [1.82, 2.24) is 15.1 Å².